The van der Waals surface area contributed by atoms with E-state index in [4.69, 9.17) is 9.26 Å². The molecule has 5 aliphatic rings. The maximum atomic E-state index is 13.4. The molecule has 0 atom stereocenters. The number of carbonyl (C=O) groups is 1. The molecule has 1 amide bonds. The molecule has 0 radical (unpaired) electrons. The van der Waals surface area contributed by atoms with E-state index in [0.717, 1.165) is 29.6 Å². The SMILES string of the molecule is C=C/C=N\C=C\COc1noc(C(=O)NC2C3CC4CC(C3)CC2C4)c1SC1CCCCC1. The number of amides is 1. The highest BCUT2D eigenvalue weighted by atomic mass is 32.2. The first-order valence-corrected chi connectivity index (χ1v) is 13.5. The first-order chi connectivity index (χ1) is 16.2. The number of aromatic nitrogens is 1. The second kappa shape index (κ2) is 10.5. The normalized spacial score (nSPS) is 31.5. The summed E-state index contributed by atoms with van der Waals surface area (Å²) >= 11 is 1.71. The molecule has 1 N–H and O–H groups in total. The van der Waals surface area contributed by atoms with Crippen LogP contribution in [0.2, 0.25) is 0 Å². The Hall–Kier alpha value is -2.02. The van der Waals surface area contributed by atoms with Crippen LogP contribution >= 0.6 is 11.8 Å². The molecule has 5 saturated carbocycles. The van der Waals surface area contributed by atoms with Crippen LogP contribution in [0, 0.1) is 23.7 Å². The Balaban J connectivity index is 1.29. The summed E-state index contributed by atoms with van der Waals surface area (Å²) in [6.45, 7) is 3.92. The zero-order chi connectivity index (χ0) is 22.6. The lowest BCUT2D eigenvalue weighted by molar-refractivity contribution is -0.0124. The van der Waals surface area contributed by atoms with E-state index in [-0.39, 0.29) is 11.9 Å². The van der Waals surface area contributed by atoms with Gasteiger partial charge in [0, 0.05) is 23.7 Å². The van der Waals surface area contributed by atoms with Crippen LogP contribution in [-0.4, -0.2) is 35.2 Å². The van der Waals surface area contributed by atoms with Gasteiger partial charge in [0.15, 0.2) is 0 Å². The highest BCUT2D eigenvalue weighted by molar-refractivity contribution is 8.00. The van der Waals surface area contributed by atoms with Gasteiger partial charge in [0.1, 0.15) is 11.5 Å². The average molecular weight is 470 g/mol. The summed E-state index contributed by atoms with van der Waals surface area (Å²) in [4.78, 5) is 18.2. The van der Waals surface area contributed by atoms with Crippen molar-refractivity contribution < 1.29 is 14.1 Å². The lowest BCUT2D eigenvalue weighted by Crippen LogP contribution is -2.55. The summed E-state index contributed by atoms with van der Waals surface area (Å²) in [6, 6.07) is 0.276. The van der Waals surface area contributed by atoms with Crippen molar-refractivity contribution in [2.75, 3.05) is 6.61 Å². The quantitative estimate of drug-likeness (QED) is 0.462. The van der Waals surface area contributed by atoms with Gasteiger partial charge in [0.2, 0.25) is 5.76 Å². The van der Waals surface area contributed by atoms with E-state index in [9.17, 15) is 4.79 Å². The Morgan fingerprint density at radius 3 is 2.58 bits per heavy atom. The molecule has 1 heterocycles. The van der Waals surface area contributed by atoms with E-state index in [0.29, 0.717) is 35.3 Å². The van der Waals surface area contributed by atoms with Crippen molar-refractivity contribution in [3.8, 4) is 5.88 Å². The van der Waals surface area contributed by atoms with Crippen molar-refractivity contribution in [1.29, 1.82) is 0 Å². The Morgan fingerprint density at radius 1 is 1.15 bits per heavy atom. The molecule has 33 heavy (non-hydrogen) atoms. The molecule has 6 nitrogen and oxygen atoms in total. The van der Waals surface area contributed by atoms with Crippen LogP contribution in [-0.2, 0) is 0 Å². The van der Waals surface area contributed by atoms with Gasteiger partial charge in [-0.05, 0) is 79.9 Å². The number of thioether (sulfide) groups is 1. The zero-order valence-corrected chi connectivity index (χ0v) is 20.1. The molecular formula is C26H35N3O3S. The predicted octanol–water partition coefficient (Wildman–Crippen LogP) is 5.80. The van der Waals surface area contributed by atoms with Gasteiger partial charge in [-0.2, -0.15) is 0 Å². The van der Waals surface area contributed by atoms with Crippen LogP contribution < -0.4 is 10.1 Å². The third kappa shape index (κ3) is 5.23. The van der Waals surface area contributed by atoms with Crippen LogP contribution in [0.25, 0.3) is 0 Å². The van der Waals surface area contributed by atoms with Crippen molar-refractivity contribution in [2.45, 2.75) is 80.4 Å². The van der Waals surface area contributed by atoms with Crippen LogP contribution in [0.3, 0.4) is 0 Å². The average Bonchev–Trinajstić information content (AvgIpc) is 3.21. The maximum Gasteiger partial charge on any atom is 0.291 e. The molecule has 1 aromatic heterocycles. The van der Waals surface area contributed by atoms with Gasteiger partial charge in [-0.15, -0.1) is 11.8 Å². The molecule has 5 fully saturated rings. The molecule has 5 aliphatic carbocycles. The number of hydrogen-bond acceptors (Lipinski definition) is 6. The van der Waals surface area contributed by atoms with Gasteiger partial charge in [-0.3, -0.25) is 9.79 Å². The Labute approximate surface area is 200 Å². The fraction of sp³-hybridized carbons (Fsp3) is 0.654. The van der Waals surface area contributed by atoms with Crippen molar-refractivity contribution >= 4 is 23.9 Å². The minimum atomic E-state index is -0.126. The molecule has 0 saturated heterocycles. The number of allylic oxidation sites excluding steroid dienone is 1. The third-order valence-electron chi connectivity index (χ3n) is 7.89. The van der Waals surface area contributed by atoms with Gasteiger partial charge < -0.3 is 14.6 Å². The second-order valence-electron chi connectivity index (χ2n) is 10.2. The lowest BCUT2D eigenvalue weighted by Gasteiger charge is -2.54. The van der Waals surface area contributed by atoms with Crippen LogP contribution in [0.4, 0.5) is 0 Å². The number of aliphatic imine (C=N–C) groups is 1. The molecule has 7 heteroatoms. The summed E-state index contributed by atoms with van der Waals surface area (Å²) < 4.78 is 11.5. The van der Waals surface area contributed by atoms with Crippen molar-refractivity contribution in [3.05, 3.63) is 30.7 Å². The standard InChI is InChI=1S/C26H35N3O3S/c1-2-9-27-10-6-11-31-26-24(33-21-7-4-3-5-8-21)23(32-29-26)25(30)28-22-19-13-17-12-18(15-19)16-20(22)14-17/h2,6,9-10,17-22H,1,3-5,7-8,11-16H2,(H,28,30)/b10-6+,27-9-. The van der Waals surface area contributed by atoms with E-state index in [2.05, 4.69) is 22.0 Å². The van der Waals surface area contributed by atoms with Gasteiger partial charge in [-0.1, -0.05) is 31.9 Å². The van der Waals surface area contributed by atoms with Gasteiger partial charge >= 0.3 is 0 Å². The third-order valence-corrected chi connectivity index (χ3v) is 9.29. The number of nitrogens with zero attached hydrogens (tertiary/aromatic N) is 2. The Bertz CT molecular complexity index is 875. The molecule has 0 spiro atoms. The minimum absolute atomic E-state index is 0.126. The van der Waals surface area contributed by atoms with Gasteiger partial charge in [-0.25, -0.2) is 0 Å². The van der Waals surface area contributed by atoms with Crippen LogP contribution in [0.1, 0.15) is 74.8 Å². The zero-order valence-electron chi connectivity index (χ0n) is 19.3. The topological polar surface area (TPSA) is 76.7 Å². The second-order valence-corrected chi connectivity index (χ2v) is 11.5. The fourth-order valence-corrected chi connectivity index (χ4v) is 8.01. The van der Waals surface area contributed by atoms with Gasteiger partial charge in [0.25, 0.3) is 11.8 Å². The van der Waals surface area contributed by atoms with E-state index in [1.807, 2.05) is 0 Å². The highest BCUT2D eigenvalue weighted by Crippen LogP contribution is 2.53. The number of hydrogen-bond donors (Lipinski definition) is 1. The molecule has 6 rings (SSSR count). The largest absolute Gasteiger partial charge is 0.470 e. The van der Waals surface area contributed by atoms with E-state index < -0.39 is 0 Å². The lowest BCUT2D eigenvalue weighted by atomic mass is 9.54. The van der Waals surface area contributed by atoms with Crippen LogP contribution in [0.5, 0.6) is 5.88 Å². The number of nitrogens with one attached hydrogen (secondary N) is 1. The summed E-state index contributed by atoms with van der Waals surface area (Å²) in [5, 5.41) is 8.00. The van der Waals surface area contributed by atoms with Crippen LogP contribution in [0.15, 0.2) is 39.3 Å². The number of ether oxygens (including phenoxy) is 1. The molecule has 0 aliphatic heterocycles. The summed E-state index contributed by atoms with van der Waals surface area (Å²) in [6.07, 6.45) is 19.3. The Morgan fingerprint density at radius 2 is 1.88 bits per heavy atom. The maximum absolute atomic E-state index is 13.4. The molecule has 178 valence electrons. The molecule has 4 bridgehead atoms. The summed E-state index contributed by atoms with van der Waals surface area (Å²) in [7, 11) is 0. The predicted molar refractivity (Wildman–Crippen MR) is 131 cm³/mol. The van der Waals surface area contributed by atoms with Crippen molar-refractivity contribution in [3.63, 3.8) is 0 Å². The van der Waals surface area contributed by atoms with E-state index >= 15 is 0 Å². The summed E-state index contributed by atoms with van der Waals surface area (Å²) in [5.41, 5.74) is 0. The smallest absolute Gasteiger partial charge is 0.291 e. The van der Waals surface area contributed by atoms with Crippen molar-refractivity contribution in [1.82, 2.24) is 10.5 Å². The molecule has 0 aromatic carbocycles. The number of carbonyl (C=O) groups excluding carboxylic acids is 1. The Kier molecular flexibility index (Phi) is 7.24. The summed E-state index contributed by atoms with van der Waals surface area (Å²) in [5.74, 6) is 3.62. The first kappa shape index (κ1) is 22.8. The fourth-order valence-electron chi connectivity index (χ4n) is 6.68. The molecule has 0 unspecified atom stereocenters. The minimum Gasteiger partial charge on any atom is -0.470 e. The molecule has 1 aromatic rings. The molecular weight excluding hydrogens is 434 g/mol. The monoisotopic (exact) mass is 469 g/mol. The van der Waals surface area contributed by atoms with E-state index in [1.165, 1.54) is 51.4 Å². The van der Waals surface area contributed by atoms with E-state index in [1.54, 1.807) is 36.3 Å². The number of rotatable bonds is 9. The first-order valence-electron chi connectivity index (χ1n) is 12.6. The van der Waals surface area contributed by atoms with Crippen molar-refractivity contribution in [2.24, 2.45) is 28.7 Å². The van der Waals surface area contributed by atoms with Gasteiger partial charge in [0.05, 0.1) is 0 Å². The highest BCUT2D eigenvalue weighted by Gasteiger charge is 2.49.